The molecular weight excluding hydrogens is 297 g/mol. The van der Waals surface area contributed by atoms with Crippen LogP contribution in [0, 0.1) is 0 Å². The van der Waals surface area contributed by atoms with Gasteiger partial charge in [-0.15, -0.1) is 0 Å². The van der Waals surface area contributed by atoms with E-state index in [1.54, 1.807) is 3.58 Å². The maximum atomic E-state index is 5.97. The summed E-state index contributed by atoms with van der Waals surface area (Å²) >= 11 is 3.03. The molecule has 0 amide bonds. The van der Waals surface area contributed by atoms with Crippen LogP contribution in [0.3, 0.4) is 0 Å². The van der Waals surface area contributed by atoms with Gasteiger partial charge in [0.2, 0.25) is 0 Å². The van der Waals surface area contributed by atoms with E-state index >= 15 is 0 Å². The molecule has 3 heteroatoms. The van der Waals surface area contributed by atoms with Gasteiger partial charge in [-0.2, -0.15) is 0 Å². The molecule has 1 aromatic rings. The molecule has 1 unspecified atom stereocenters. The van der Waals surface area contributed by atoms with Crippen molar-refractivity contribution in [3.63, 3.8) is 0 Å². The van der Waals surface area contributed by atoms with Crippen molar-refractivity contribution < 1.29 is 0 Å². The number of hydrogen-bond acceptors (Lipinski definition) is 2. The van der Waals surface area contributed by atoms with Crippen molar-refractivity contribution in [3.05, 3.63) is 29.8 Å². The van der Waals surface area contributed by atoms with Crippen LogP contribution in [0.25, 0.3) is 0 Å². The first-order chi connectivity index (χ1) is 6.70. The van der Waals surface area contributed by atoms with E-state index in [0.29, 0.717) is 0 Å². The molecule has 0 bridgehead atoms. The third-order valence-corrected chi connectivity index (χ3v) is 12.0. The van der Waals surface area contributed by atoms with E-state index in [4.69, 9.17) is 5.73 Å². The van der Waals surface area contributed by atoms with E-state index in [9.17, 15) is 0 Å². The van der Waals surface area contributed by atoms with Crippen LogP contribution in [-0.2, 0) is 0 Å². The van der Waals surface area contributed by atoms with Gasteiger partial charge >= 0.3 is 99.6 Å². The van der Waals surface area contributed by atoms with Crippen molar-refractivity contribution in [2.45, 2.75) is 24.3 Å². The molecule has 0 spiro atoms. The molecule has 1 aromatic carbocycles. The molecule has 0 fully saturated rings. The van der Waals surface area contributed by atoms with Gasteiger partial charge in [-0.25, -0.2) is 0 Å². The van der Waals surface area contributed by atoms with E-state index in [1.807, 2.05) is 0 Å². The number of hydrogen-bond donors (Lipinski definition) is 2. The van der Waals surface area contributed by atoms with Crippen molar-refractivity contribution in [1.29, 1.82) is 0 Å². The predicted molar refractivity (Wildman–Crippen MR) is 68.8 cm³/mol. The number of benzene rings is 1. The fourth-order valence-electron chi connectivity index (χ4n) is 1.60. The first kappa shape index (κ1) is 12.4. The molecule has 0 aromatic heterocycles. The summed E-state index contributed by atoms with van der Waals surface area (Å²) in [6.07, 6.45) is 0. The number of thiol groups is 1. The summed E-state index contributed by atoms with van der Waals surface area (Å²) in [5.41, 5.74) is 7.31. The first-order valence-electron chi connectivity index (χ1n) is 5.01. The molecule has 1 atom stereocenters. The van der Waals surface area contributed by atoms with Gasteiger partial charge in [0.1, 0.15) is 0 Å². The van der Waals surface area contributed by atoms with E-state index in [0.717, 1.165) is 3.77 Å². The second kappa shape index (κ2) is 6.03. The fourth-order valence-corrected chi connectivity index (χ4v) is 9.46. The summed E-state index contributed by atoms with van der Waals surface area (Å²) in [5.74, 6) is 0. The van der Waals surface area contributed by atoms with Gasteiger partial charge in [0.05, 0.1) is 0 Å². The number of rotatable bonds is 4. The van der Waals surface area contributed by atoms with Crippen LogP contribution >= 0.6 is 12.6 Å². The summed E-state index contributed by atoms with van der Waals surface area (Å²) in [7, 11) is 0. The Balaban J connectivity index is 3.05. The van der Waals surface area contributed by atoms with Gasteiger partial charge in [0.25, 0.3) is 0 Å². The Morgan fingerprint density at radius 2 is 2.07 bits per heavy atom. The van der Waals surface area contributed by atoms with Gasteiger partial charge in [-0.05, 0) is 0 Å². The third kappa shape index (κ3) is 2.91. The zero-order valence-electron chi connectivity index (χ0n) is 8.83. The van der Waals surface area contributed by atoms with Crippen LogP contribution in [0.15, 0.2) is 24.3 Å². The SMILES string of the molecule is C[CH2][Sn]([CH2]S)[c]1ccccc1C(C)N. The van der Waals surface area contributed by atoms with Crippen LogP contribution in [0.5, 0.6) is 0 Å². The first-order valence-corrected chi connectivity index (χ1v) is 11.1. The summed E-state index contributed by atoms with van der Waals surface area (Å²) in [6.45, 7) is 4.34. The van der Waals surface area contributed by atoms with Gasteiger partial charge < -0.3 is 0 Å². The summed E-state index contributed by atoms with van der Waals surface area (Å²) in [6, 6.07) is 8.79. The molecule has 0 heterocycles. The molecule has 1 radical (unpaired) electrons. The zero-order chi connectivity index (χ0) is 10.6. The van der Waals surface area contributed by atoms with Gasteiger partial charge in [-0.3, -0.25) is 0 Å². The molecule has 0 aliphatic carbocycles. The van der Waals surface area contributed by atoms with Gasteiger partial charge in [0.15, 0.2) is 0 Å². The molecule has 0 aliphatic rings. The Kier molecular flexibility index (Phi) is 5.34. The van der Waals surface area contributed by atoms with Crippen molar-refractivity contribution in [2.24, 2.45) is 5.73 Å². The van der Waals surface area contributed by atoms with Crippen molar-refractivity contribution in [2.75, 3.05) is 3.77 Å². The molecule has 2 N–H and O–H groups in total. The topological polar surface area (TPSA) is 26.0 Å². The van der Waals surface area contributed by atoms with E-state index in [1.165, 1.54) is 10.0 Å². The maximum absolute atomic E-state index is 5.97. The van der Waals surface area contributed by atoms with Crippen LogP contribution in [0.4, 0.5) is 0 Å². The van der Waals surface area contributed by atoms with Crippen molar-refractivity contribution in [3.8, 4) is 0 Å². The van der Waals surface area contributed by atoms with E-state index < -0.39 is 19.8 Å². The Labute approximate surface area is 99.2 Å². The zero-order valence-corrected chi connectivity index (χ0v) is 12.6. The molecular formula is C11H18NSSn. The molecule has 77 valence electrons. The summed E-state index contributed by atoms with van der Waals surface area (Å²) < 4.78 is 3.96. The van der Waals surface area contributed by atoms with Gasteiger partial charge in [0, 0.05) is 0 Å². The summed E-state index contributed by atoms with van der Waals surface area (Å²) in [4.78, 5) is 0. The average molecular weight is 315 g/mol. The Morgan fingerprint density at radius 1 is 1.43 bits per heavy atom. The summed E-state index contributed by atoms with van der Waals surface area (Å²) in [5, 5.41) is 0. The quantitative estimate of drug-likeness (QED) is 0.644. The van der Waals surface area contributed by atoms with Gasteiger partial charge in [-0.1, -0.05) is 0 Å². The predicted octanol–water partition coefficient (Wildman–Crippen LogP) is 1.90. The molecule has 0 saturated heterocycles. The fraction of sp³-hybridized carbons (Fsp3) is 0.455. The normalized spacial score (nSPS) is 13.2. The molecule has 1 rings (SSSR count). The average Bonchev–Trinajstić information content (AvgIpc) is 2.20. The monoisotopic (exact) mass is 316 g/mol. The second-order valence-electron chi connectivity index (χ2n) is 3.49. The number of nitrogens with two attached hydrogens (primary N) is 1. The third-order valence-electron chi connectivity index (χ3n) is 2.45. The Morgan fingerprint density at radius 3 is 2.57 bits per heavy atom. The van der Waals surface area contributed by atoms with Crippen LogP contribution < -0.4 is 9.31 Å². The van der Waals surface area contributed by atoms with E-state index in [-0.39, 0.29) is 6.04 Å². The minimum absolute atomic E-state index is 0.160. The standard InChI is InChI=1S/C8H10N.C2H5.CH3S.Sn/c1-7(9)8-5-3-2-4-6-8;2*1-2;/h2-5,7H,9H2,1H3;1H2,2H3;2H,1H2;. The minimum atomic E-state index is -1.44. The van der Waals surface area contributed by atoms with Crippen LogP contribution in [-0.4, -0.2) is 23.5 Å². The van der Waals surface area contributed by atoms with Crippen LogP contribution in [0.1, 0.15) is 25.5 Å². The Hall–Kier alpha value is 0.329. The molecule has 0 aliphatic heterocycles. The molecule has 0 saturated carbocycles. The second-order valence-corrected chi connectivity index (χ2v) is 13.5. The van der Waals surface area contributed by atoms with Crippen molar-refractivity contribution >= 4 is 36.0 Å². The molecule has 14 heavy (non-hydrogen) atoms. The van der Waals surface area contributed by atoms with E-state index in [2.05, 4.69) is 50.7 Å². The van der Waals surface area contributed by atoms with Crippen molar-refractivity contribution in [1.82, 2.24) is 0 Å². The molecule has 1 nitrogen and oxygen atoms in total. The Bertz CT molecular complexity index is 284. The van der Waals surface area contributed by atoms with Crippen LogP contribution in [0.2, 0.25) is 4.44 Å².